The number of hydrogen-bond acceptors (Lipinski definition) is 6. The average molecular weight is 359 g/mol. The van der Waals surface area contributed by atoms with E-state index in [0.29, 0.717) is 5.69 Å². The van der Waals surface area contributed by atoms with Gasteiger partial charge in [-0.25, -0.2) is 4.79 Å². The molecular weight excluding hydrogens is 346 g/mol. The fourth-order valence-corrected chi connectivity index (χ4v) is 3.02. The van der Waals surface area contributed by atoms with Crippen molar-refractivity contribution >= 4 is 23.5 Å². The van der Waals surface area contributed by atoms with Gasteiger partial charge < -0.3 is 5.10 Å². The minimum absolute atomic E-state index is 0.0788. The van der Waals surface area contributed by atoms with E-state index in [2.05, 4.69) is 10.2 Å². The fraction of sp³-hybridized carbons (Fsp3) is 0.200. The van der Waals surface area contributed by atoms with E-state index in [1.807, 2.05) is 10.6 Å². The van der Waals surface area contributed by atoms with Crippen LogP contribution in [0.4, 0.5) is 10.5 Å². The smallest absolute Gasteiger partial charge is 0.302 e. The van der Waals surface area contributed by atoms with Crippen molar-refractivity contribution in [2.75, 3.05) is 0 Å². The molecule has 0 bridgehead atoms. The maximum Gasteiger partial charge on any atom is 0.328 e. The van der Waals surface area contributed by atoms with E-state index in [1.54, 1.807) is 6.92 Å². The van der Waals surface area contributed by atoms with Gasteiger partial charge in [-0.15, -0.1) is 0 Å². The van der Waals surface area contributed by atoms with Crippen molar-refractivity contribution in [1.29, 1.82) is 0 Å². The Hall–Kier alpha value is -3.76. The zero-order valence-corrected chi connectivity index (χ0v) is 13.4. The van der Waals surface area contributed by atoms with Crippen LogP contribution < -0.4 is 16.2 Å². The summed E-state index contributed by atoms with van der Waals surface area (Å²) in [4.78, 5) is 58.6. The number of H-pyrrole nitrogens is 2. The SMILES string of the molecule is Cc1[nH][nH]c(=O)c1C(c1cccc([N+](=O)[O-])c1)C1C(=O)NC(=O)NC1=O. The average Bonchev–Trinajstić information content (AvgIpc) is 2.89. The van der Waals surface area contributed by atoms with Crippen LogP contribution in [0.15, 0.2) is 29.1 Å². The summed E-state index contributed by atoms with van der Waals surface area (Å²) in [5, 5.41) is 20.0. The van der Waals surface area contributed by atoms with Crippen molar-refractivity contribution in [2.24, 2.45) is 5.92 Å². The Kier molecular flexibility index (Phi) is 4.12. The Morgan fingerprint density at radius 3 is 2.27 bits per heavy atom. The number of aryl methyl sites for hydroxylation is 1. The van der Waals surface area contributed by atoms with E-state index < -0.39 is 40.2 Å². The fourth-order valence-electron chi connectivity index (χ4n) is 3.02. The van der Waals surface area contributed by atoms with Crippen LogP contribution in [-0.4, -0.2) is 33.0 Å². The third-order valence-electron chi connectivity index (χ3n) is 4.14. The van der Waals surface area contributed by atoms with Crippen LogP contribution in [-0.2, 0) is 9.59 Å². The molecule has 1 unspecified atom stereocenters. The molecule has 2 aromatic rings. The van der Waals surface area contributed by atoms with Crippen LogP contribution in [0.25, 0.3) is 0 Å². The first-order chi connectivity index (χ1) is 12.3. The summed E-state index contributed by atoms with van der Waals surface area (Å²) in [6, 6.07) is 4.34. The number of nitrogens with zero attached hydrogens (tertiary/aromatic N) is 1. The Balaban J connectivity index is 2.21. The molecule has 11 nitrogen and oxygen atoms in total. The lowest BCUT2D eigenvalue weighted by Crippen LogP contribution is -2.57. The molecule has 1 aliphatic heterocycles. The number of rotatable bonds is 4. The van der Waals surface area contributed by atoms with Crippen molar-refractivity contribution in [3.8, 4) is 0 Å². The number of urea groups is 1. The third-order valence-corrected chi connectivity index (χ3v) is 4.14. The number of aromatic nitrogens is 2. The highest BCUT2D eigenvalue weighted by atomic mass is 16.6. The van der Waals surface area contributed by atoms with Crippen LogP contribution in [0.1, 0.15) is 22.7 Å². The number of hydrogen-bond donors (Lipinski definition) is 4. The van der Waals surface area contributed by atoms with E-state index in [9.17, 15) is 29.3 Å². The second-order valence-corrected chi connectivity index (χ2v) is 5.73. The standard InChI is InChI=1S/C15H13N5O6/c1-6-9(14(23)19-18-6)10(7-3-2-4-8(5-7)20(25)26)11-12(21)16-15(24)17-13(11)22/h2-5,10-11H,1H3,(H2,18,19,23)(H2,16,17,21,22,24). The number of carbonyl (C=O) groups excluding carboxylic acids is 3. The van der Waals surface area contributed by atoms with Gasteiger partial charge in [-0.05, 0) is 12.5 Å². The molecular formula is C15H13N5O6. The highest BCUT2D eigenvalue weighted by Crippen LogP contribution is 2.34. The molecule has 1 saturated heterocycles. The molecule has 134 valence electrons. The van der Waals surface area contributed by atoms with Gasteiger partial charge in [0.2, 0.25) is 11.8 Å². The lowest BCUT2D eigenvalue weighted by atomic mass is 9.79. The summed E-state index contributed by atoms with van der Waals surface area (Å²) in [6.07, 6.45) is 0. The molecule has 1 fully saturated rings. The highest BCUT2D eigenvalue weighted by molar-refractivity contribution is 6.16. The molecule has 4 N–H and O–H groups in total. The molecule has 1 aliphatic rings. The third kappa shape index (κ3) is 2.85. The minimum atomic E-state index is -1.45. The number of barbiturate groups is 1. The Bertz CT molecular complexity index is 970. The van der Waals surface area contributed by atoms with Crippen molar-refractivity contribution in [3.05, 3.63) is 61.6 Å². The second kappa shape index (κ2) is 6.27. The summed E-state index contributed by atoms with van der Waals surface area (Å²) in [5.41, 5.74) is -0.169. The van der Waals surface area contributed by atoms with Gasteiger partial charge >= 0.3 is 6.03 Å². The maximum absolute atomic E-state index is 12.3. The second-order valence-electron chi connectivity index (χ2n) is 5.73. The molecule has 26 heavy (non-hydrogen) atoms. The van der Waals surface area contributed by atoms with Crippen molar-refractivity contribution < 1.29 is 19.3 Å². The van der Waals surface area contributed by atoms with Crippen LogP contribution in [0.5, 0.6) is 0 Å². The summed E-state index contributed by atoms with van der Waals surface area (Å²) in [5.74, 6) is -4.37. The zero-order valence-electron chi connectivity index (χ0n) is 13.4. The molecule has 0 aliphatic carbocycles. The van der Waals surface area contributed by atoms with E-state index in [1.165, 1.54) is 24.3 Å². The number of nitro groups is 1. The Morgan fingerprint density at radius 2 is 1.73 bits per heavy atom. The molecule has 11 heteroatoms. The number of imide groups is 2. The number of amides is 4. The van der Waals surface area contributed by atoms with Gasteiger partial charge in [0, 0.05) is 29.3 Å². The van der Waals surface area contributed by atoms with Gasteiger partial charge in [-0.1, -0.05) is 12.1 Å². The number of non-ortho nitro benzene ring substituents is 1. The van der Waals surface area contributed by atoms with Crippen LogP contribution in [0.3, 0.4) is 0 Å². The molecule has 1 aromatic heterocycles. The number of aromatic amines is 2. The van der Waals surface area contributed by atoms with E-state index >= 15 is 0 Å². The minimum Gasteiger partial charge on any atom is -0.302 e. The summed E-state index contributed by atoms with van der Waals surface area (Å²) in [6.45, 7) is 1.56. The first kappa shape index (κ1) is 17.1. The predicted molar refractivity (Wildman–Crippen MR) is 86.3 cm³/mol. The van der Waals surface area contributed by atoms with Gasteiger partial charge in [0.05, 0.1) is 4.92 Å². The quantitative estimate of drug-likeness (QED) is 0.341. The monoisotopic (exact) mass is 359 g/mol. The molecule has 2 heterocycles. The number of nitro benzene ring substituents is 1. The largest absolute Gasteiger partial charge is 0.328 e. The Morgan fingerprint density at radius 1 is 1.08 bits per heavy atom. The van der Waals surface area contributed by atoms with Crippen molar-refractivity contribution in [1.82, 2.24) is 20.8 Å². The topological polar surface area (TPSA) is 167 Å². The molecule has 3 rings (SSSR count). The molecule has 4 amide bonds. The normalized spacial score (nSPS) is 16.1. The van der Waals surface area contributed by atoms with Crippen LogP contribution in [0.2, 0.25) is 0 Å². The number of carbonyl (C=O) groups is 3. The van der Waals surface area contributed by atoms with Crippen LogP contribution in [0, 0.1) is 23.0 Å². The van der Waals surface area contributed by atoms with Crippen molar-refractivity contribution in [3.63, 3.8) is 0 Å². The molecule has 0 radical (unpaired) electrons. The predicted octanol–water partition coefficient (Wildman–Crippen LogP) is 0.0337. The lowest BCUT2D eigenvalue weighted by molar-refractivity contribution is -0.384. The molecule has 1 aromatic carbocycles. The Labute approximate surface area is 144 Å². The summed E-state index contributed by atoms with van der Waals surface area (Å²) >= 11 is 0. The van der Waals surface area contributed by atoms with Crippen LogP contribution >= 0.6 is 0 Å². The van der Waals surface area contributed by atoms with Crippen molar-refractivity contribution in [2.45, 2.75) is 12.8 Å². The van der Waals surface area contributed by atoms with E-state index in [0.717, 1.165) is 0 Å². The van der Waals surface area contributed by atoms with Gasteiger partial charge in [-0.3, -0.25) is 40.2 Å². The summed E-state index contributed by atoms with van der Waals surface area (Å²) in [7, 11) is 0. The maximum atomic E-state index is 12.3. The van der Waals surface area contributed by atoms with Gasteiger partial charge in [-0.2, -0.15) is 0 Å². The van der Waals surface area contributed by atoms with Gasteiger partial charge in [0.25, 0.3) is 11.2 Å². The van der Waals surface area contributed by atoms with Gasteiger partial charge in [0.15, 0.2) is 0 Å². The molecule has 0 saturated carbocycles. The zero-order chi connectivity index (χ0) is 19.0. The lowest BCUT2D eigenvalue weighted by Gasteiger charge is -2.28. The number of benzene rings is 1. The highest BCUT2D eigenvalue weighted by Gasteiger charge is 2.43. The number of nitrogens with one attached hydrogen (secondary N) is 4. The van der Waals surface area contributed by atoms with E-state index in [-0.39, 0.29) is 16.8 Å². The molecule has 0 spiro atoms. The first-order valence-corrected chi connectivity index (χ1v) is 7.46. The first-order valence-electron chi connectivity index (χ1n) is 7.46. The molecule has 1 atom stereocenters. The van der Waals surface area contributed by atoms with Gasteiger partial charge in [0.1, 0.15) is 5.92 Å². The van der Waals surface area contributed by atoms with E-state index in [4.69, 9.17) is 0 Å². The summed E-state index contributed by atoms with van der Waals surface area (Å²) < 4.78 is 0.